The Balaban J connectivity index is 2.29. The van der Waals surface area contributed by atoms with Gasteiger partial charge in [0.05, 0.1) is 12.0 Å². The molecule has 0 bridgehead atoms. The van der Waals surface area contributed by atoms with Crippen LogP contribution in [0, 0.1) is 0 Å². The molecule has 0 aromatic rings. The molecular formula is C10H7N3O2. The van der Waals surface area contributed by atoms with Crippen molar-refractivity contribution in [2.45, 2.75) is 6.42 Å². The van der Waals surface area contributed by atoms with Gasteiger partial charge in [0.1, 0.15) is 0 Å². The van der Waals surface area contributed by atoms with E-state index in [2.05, 4.69) is 10.1 Å². The lowest BCUT2D eigenvalue weighted by Gasteiger charge is -2.03. The van der Waals surface area contributed by atoms with Crippen LogP contribution in [-0.2, 0) is 9.59 Å². The molecule has 2 rings (SSSR count). The van der Waals surface area contributed by atoms with Crippen LogP contribution in [0.15, 0.2) is 35.5 Å². The van der Waals surface area contributed by atoms with Crippen LogP contribution in [0.3, 0.4) is 0 Å². The van der Waals surface area contributed by atoms with Gasteiger partial charge in [-0.1, -0.05) is 6.08 Å². The zero-order valence-electron chi connectivity index (χ0n) is 7.73. The van der Waals surface area contributed by atoms with E-state index in [0.29, 0.717) is 23.3 Å². The summed E-state index contributed by atoms with van der Waals surface area (Å²) in [5.41, 5.74) is 10.0. The number of carbonyl (C=O) groups excluding carboxylic acids is 2. The summed E-state index contributed by atoms with van der Waals surface area (Å²) in [6.07, 6.45) is 6.69. The van der Waals surface area contributed by atoms with E-state index in [1.165, 1.54) is 6.08 Å². The first-order chi connectivity index (χ1) is 7.20. The Morgan fingerprint density at radius 3 is 2.60 bits per heavy atom. The van der Waals surface area contributed by atoms with Gasteiger partial charge in [0.2, 0.25) is 0 Å². The topological polar surface area (TPSA) is 82.6 Å². The Hall–Kier alpha value is -2.26. The highest BCUT2D eigenvalue weighted by atomic mass is 16.2. The first-order valence-corrected chi connectivity index (χ1v) is 4.37. The molecule has 2 amide bonds. The van der Waals surface area contributed by atoms with Crippen LogP contribution in [0.5, 0.6) is 0 Å². The fraction of sp³-hybridized carbons (Fsp3) is 0.100. The highest BCUT2D eigenvalue weighted by Gasteiger charge is 2.24. The molecule has 2 aliphatic rings. The molecule has 1 heterocycles. The summed E-state index contributed by atoms with van der Waals surface area (Å²) >= 11 is 0. The molecule has 1 aliphatic heterocycles. The maximum absolute atomic E-state index is 11.3. The van der Waals surface area contributed by atoms with Crippen LogP contribution >= 0.6 is 0 Å². The number of hydrogen-bond acceptors (Lipinski definition) is 2. The molecule has 15 heavy (non-hydrogen) atoms. The Morgan fingerprint density at radius 1 is 1.33 bits per heavy atom. The molecule has 5 nitrogen and oxygen atoms in total. The molecule has 0 unspecified atom stereocenters. The number of hydrogen-bond donors (Lipinski definition) is 1. The fourth-order valence-electron chi connectivity index (χ4n) is 1.44. The Bertz CT molecular complexity index is 491. The van der Waals surface area contributed by atoms with Crippen molar-refractivity contribution in [1.29, 1.82) is 0 Å². The standard InChI is InChI=1S/C10H7N3O2/c11-13-7-3-1-6(2-4-7)8-5-9(14)12-10(8)15/h1-3,5H,4H2,(H,12,14,15). The van der Waals surface area contributed by atoms with Crippen LogP contribution in [0.2, 0.25) is 0 Å². The normalized spacial score (nSPS) is 19.6. The second-order valence-corrected chi connectivity index (χ2v) is 3.16. The van der Waals surface area contributed by atoms with Gasteiger partial charge < -0.3 is 5.53 Å². The van der Waals surface area contributed by atoms with Crippen molar-refractivity contribution in [1.82, 2.24) is 5.32 Å². The van der Waals surface area contributed by atoms with E-state index in [0.717, 1.165) is 0 Å². The molecule has 1 N–H and O–H groups in total. The quantitative estimate of drug-likeness (QED) is 0.371. The molecule has 0 saturated carbocycles. The summed E-state index contributed by atoms with van der Waals surface area (Å²) in [5.74, 6) is -0.786. The van der Waals surface area contributed by atoms with Crippen molar-refractivity contribution in [2.24, 2.45) is 0 Å². The van der Waals surface area contributed by atoms with Crippen molar-refractivity contribution < 1.29 is 14.4 Å². The van der Waals surface area contributed by atoms with E-state index < -0.39 is 5.91 Å². The second kappa shape index (κ2) is 3.48. The molecule has 0 atom stereocenters. The number of amides is 2. The summed E-state index contributed by atoms with van der Waals surface area (Å²) in [4.78, 5) is 25.2. The van der Waals surface area contributed by atoms with E-state index in [1.807, 2.05) is 0 Å². The summed E-state index contributed by atoms with van der Waals surface area (Å²) in [6.45, 7) is 0. The third-order valence-corrected chi connectivity index (χ3v) is 2.18. The number of allylic oxidation sites excluding steroid dienone is 3. The van der Waals surface area contributed by atoms with E-state index in [9.17, 15) is 9.59 Å². The van der Waals surface area contributed by atoms with Gasteiger partial charge in [-0.2, -0.15) is 4.79 Å². The highest BCUT2D eigenvalue weighted by Crippen LogP contribution is 2.19. The molecule has 5 heteroatoms. The van der Waals surface area contributed by atoms with E-state index in [1.54, 1.807) is 18.2 Å². The first kappa shape index (κ1) is 9.30. The molecule has 0 spiro atoms. The van der Waals surface area contributed by atoms with Gasteiger partial charge in [0.25, 0.3) is 17.5 Å². The van der Waals surface area contributed by atoms with Crippen LogP contribution in [0.4, 0.5) is 0 Å². The molecule has 0 aromatic heterocycles. The van der Waals surface area contributed by atoms with Gasteiger partial charge in [-0.15, -0.1) is 0 Å². The number of carbonyl (C=O) groups is 2. The molecule has 0 radical (unpaired) electrons. The van der Waals surface area contributed by atoms with E-state index in [-0.39, 0.29) is 5.91 Å². The summed E-state index contributed by atoms with van der Waals surface area (Å²) < 4.78 is 0. The molecular weight excluding hydrogens is 194 g/mol. The van der Waals surface area contributed by atoms with Gasteiger partial charge in [-0.3, -0.25) is 14.9 Å². The van der Waals surface area contributed by atoms with Crippen LogP contribution in [-0.4, -0.2) is 22.3 Å². The first-order valence-electron chi connectivity index (χ1n) is 4.37. The number of rotatable bonds is 1. The van der Waals surface area contributed by atoms with Gasteiger partial charge in [0, 0.05) is 12.2 Å². The van der Waals surface area contributed by atoms with Crippen molar-refractivity contribution in [3.63, 3.8) is 0 Å². The smallest absolute Gasteiger partial charge is 0.295 e. The van der Waals surface area contributed by atoms with Gasteiger partial charge >= 0.3 is 0 Å². The van der Waals surface area contributed by atoms with E-state index in [4.69, 9.17) is 5.53 Å². The Morgan fingerprint density at radius 2 is 2.13 bits per heavy atom. The summed E-state index contributed by atoms with van der Waals surface area (Å²) in [5, 5.41) is 2.16. The predicted molar refractivity (Wildman–Crippen MR) is 51.7 cm³/mol. The lowest BCUT2D eigenvalue weighted by molar-refractivity contribution is -0.123. The van der Waals surface area contributed by atoms with Crippen LogP contribution < -0.4 is 5.32 Å². The number of imide groups is 1. The minimum Gasteiger partial charge on any atom is -0.361 e. The van der Waals surface area contributed by atoms with Crippen LogP contribution in [0.1, 0.15) is 6.42 Å². The zero-order valence-corrected chi connectivity index (χ0v) is 7.73. The third-order valence-electron chi connectivity index (χ3n) is 2.18. The monoisotopic (exact) mass is 201 g/mol. The third kappa shape index (κ3) is 1.68. The van der Waals surface area contributed by atoms with Crippen molar-refractivity contribution in [3.8, 4) is 0 Å². The van der Waals surface area contributed by atoms with Crippen LogP contribution in [0.25, 0.3) is 5.53 Å². The molecule has 1 aliphatic carbocycles. The number of nitrogens with one attached hydrogen (secondary N) is 1. The predicted octanol–water partition coefficient (Wildman–Crippen LogP) is 0.126. The molecule has 74 valence electrons. The maximum atomic E-state index is 11.3. The average molecular weight is 201 g/mol. The number of nitrogens with zero attached hydrogens (tertiary/aromatic N) is 2. The Labute approximate surface area is 85.4 Å². The Kier molecular flexibility index (Phi) is 2.15. The minimum atomic E-state index is -0.397. The molecule has 0 aromatic carbocycles. The van der Waals surface area contributed by atoms with Gasteiger partial charge in [-0.05, 0) is 11.6 Å². The summed E-state index contributed by atoms with van der Waals surface area (Å²) in [7, 11) is 0. The second-order valence-electron chi connectivity index (χ2n) is 3.16. The lowest BCUT2D eigenvalue weighted by atomic mass is 9.99. The van der Waals surface area contributed by atoms with Gasteiger partial charge in [0.15, 0.2) is 0 Å². The summed E-state index contributed by atoms with van der Waals surface area (Å²) in [6, 6.07) is 0. The SMILES string of the molecule is [N-]=[N+]=C1C=CC(C2=CC(=O)NC2=O)=CC1. The van der Waals surface area contributed by atoms with Gasteiger partial charge in [-0.25, -0.2) is 0 Å². The zero-order chi connectivity index (χ0) is 10.8. The highest BCUT2D eigenvalue weighted by molar-refractivity contribution is 6.19. The lowest BCUT2D eigenvalue weighted by Crippen LogP contribution is -2.22. The van der Waals surface area contributed by atoms with Crippen molar-refractivity contribution >= 4 is 17.5 Å². The minimum absolute atomic E-state index is 0.355. The largest absolute Gasteiger partial charge is 0.361 e. The van der Waals surface area contributed by atoms with Crippen molar-refractivity contribution in [3.05, 3.63) is 41.0 Å². The van der Waals surface area contributed by atoms with Crippen molar-refractivity contribution in [2.75, 3.05) is 0 Å². The molecule has 0 fully saturated rings. The van der Waals surface area contributed by atoms with E-state index >= 15 is 0 Å². The molecule has 0 saturated heterocycles. The average Bonchev–Trinajstić information content (AvgIpc) is 2.58. The fourth-order valence-corrected chi connectivity index (χ4v) is 1.44. The maximum Gasteiger partial charge on any atom is 0.295 e.